The van der Waals surface area contributed by atoms with Gasteiger partial charge in [0.25, 0.3) is 0 Å². The molecule has 0 spiro atoms. The Labute approximate surface area is 118 Å². The highest BCUT2D eigenvalue weighted by molar-refractivity contribution is 6.32. The summed E-state index contributed by atoms with van der Waals surface area (Å²) in [5.41, 5.74) is 0. The first-order valence-electron chi connectivity index (χ1n) is 5.82. The van der Waals surface area contributed by atoms with Crippen LogP contribution >= 0.6 is 23.2 Å². The molecule has 0 aliphatic heterocycles. The van der Waals surface area contributed by atoms with Gasteiger partial charge in [0.2, 0.25) is 5.91 Å². The van der Waals surface area contributed by atoms with Crippen LogP contribution in [0.15, 0.2) is 24.3 Å². The first kappa shape index (κ1) is 15.1. The summed E-state index contributed by atoms with van der Waals surface area (Å²) in [6, 6.07) is 7.34. The SMILES string of the molecule is CN(CCCOc1ccccc1Cl)C(=O)CCCl. The zero-order chi connectivity index (χ0) is 13.4. The zero-order valence-electron chi connectivity index (χ0n) is 10.4. The summed E-state index contributed by atoms with van der Waals surface area (Å²) in [6.07, 6.45) is 1.14. The van der Waals surface area contributed by atoms with E-state index in [1.807, 2.05) is 18.2 Å². The predicted molar refractivity (Wildman–Crippen MR) is 74.5 cm³/mol. The fraction of sp³-hybridized carbons (Fsp3) is 0.462. The van der Waals surface area contributed by atoms with Gasteiger partial charge in [-0.2, -0.15) is 0 Å². The van der Waals surface area contributed by atoms with E-state index >= 15 is 0 Å². The van der Waals surface area contributed by atoms with Crippen molar-refractivity contribution in [2.24, 2.45) is 0 Å². The fourth-order valence-electron chi connectivity index (χ4n) is 1.44. The Balaban J connectivity index is 2.23. The molecule has 0 aliphatic rings. The Morgan fingerprint density at radius 1 is 1.39 bits per heavy atom. The van der Waals surface area contributed by atoms with E-state index < -0.39 is 0 Å². The van der Waals surface area contributed by atoms with Crippen molar-refractivity contribution in [3.63, 3.8) is 0 Å². The molecule has 100 valence electrons. The highest BCUT2D eigenvalue weighted by Gasteiger charge is 2.07. The second kappa shape index (κ2) is 8.22. The summed E-state index contributed by atoms with van der Waals surface area (Å²) in [5, 5.41) is 0.601. The highest BCUT2D eigenvalue weighted by atomic mass is 35.5. The van der Waals surface area contributed by atoms with Gasteiger partial charge in [-0.3, -0.25) is 4.79 Å². The number of ether oxygens (including phenoxy) is 1. The van der Waals surface area contributed by atoms with Gasteiger partial charge in [-0.15, -0.1) is 11.6 Å². The molecule has 1 aromatic rings. The van der Waals surface area contributed by atoms with E-state index in [2.05, 4.69) is 0 Å². The number of rotatable bonds is 7. The Kier molecular flexibility index (Phi) is 6.91. The lowest BCUT2D eigenvalue weighted by molar-refractivity contribution is -0.129. The molecule has 0 saturated carbocycles. The number of nitrogens with zero attached hydrogens (tertiary/aromatic N) is 1. The molecule has 0 bridgehead atoms. The van der Waals surface area contributed by atoms with Gasteiger partial charge in [-0.25, -0.2) is 0 Å². The van der Waals surface area contributed by atoms with Gasteiger partial charge in [0.15, 0.2) is 0 Å². The third-order valence-corrected chi connectivity index (χ3v) is 2.97. The van der Waals surface area contributed by atoms with E-state index in [1.54, 1.807) is 18.0 Å². The minimum absolute atomic E-state index is 0.0581. The van der Waals surface area contributed by atoms with Gasteiger partial charge in [0.05, 0.1) is 11.6 Å². The van der Waals surface area contributed by atoms with Crippen molar-refractivity contribution >= 4 is 29.1 Å². The molecule has 1 aromatic carbocycles. The second-order valence-electron chi connectivity index (χ2n) is 3.89. The molecule has 0 unspecified atom stereocenters. The molecular weight excluding hydrogens is 273 g/mol. The van der Waals surface area contributed by atoms with Crippen LogP contribution in [0.4, 0.5) is 0 Å². The van der Waals surface area contributed by atoms with E-state index in [-0.39, 0.29) is 5.91 Å². The number of amides is 1. The van der Waals surface area contributed by atoms with E-state index in [9.17, 15) is 4.79 Å². The molecule has 0 N–H and O–H groups in total. The molecule has 18 heavy (non-hydrogen) atoms. The maximum Gasteiger partial charge on any atom is 0.223 e. The lowest BCUT2D eigenvalue weighted by Crippen LogP contribution is -2.28. The van der Waals surface area contributed by atoms with Gasteiger partial charge in [-0.05, 0) is 18.6 Å². The maximum atomic E-state index is 11.4. The van der Waals surface area contributed by atoms with Crippen LogP contribution in [0.1, 0.15) is 12.8 Å². The summed E-state index contributed by atoms with van der Waals surface area (Å²) >= 11 is 11.5. The van der Waals surface area contributed by atoms with Gasteiger partial charge < -0.3 is 9.64 Å². The molecule has 1 rings (SSSR count). The standard InChI is InChI=1S/C13H17Cl2NO2/c1-16(13(17)7-8-14)9-4-10-18-12-6-3-2-5-11(12)15/h2-3,5-6H,4,7-10H2,1H3. The van der Waals surface area contributed by atoms with E-state index in [0.717, 1.165) is 6.42 Å². The van der Waals surface area contributed by atoms with Crippen molar-refractivity contribution in [2.75, 3.05) is 26.1 Å². The molecule has 5 heteroatoms. The van der Waals surface area contributed by atoms with Crippen molar-refractivity contribution in [2.45, 2.75) is 12.8 Å². The Morgan fingerprint density at radius 2 is 2.11 bits per heavy atom. The van der Waals surface area contributed by atoms with E-state index in [0.29, 0.717) is 36.2 Å². The first-order valence-corrected chi connectivity index (χ1v) is 6.73. The van der Waals surface area contributed by atoms with Crippen molar-refractivity contribution in [1.82, 2.24) is 4.90 Å². The number of benzene rings is 1. The largest absolute Gasteiger partial charge is 0.492 e. The van der Waals surface area contributed by atoms with Crippen LogP contribution in [0.3, 0.4) is 0 Å². The van der Waals surface area contributed by atoms with Crippen LogP contribution < -0.4 is 4.74 Å². The Morgan fingerprint density at radius 3 is 2.78 bits per heavy atom. The minimum Gasteiger partial charge on any atom is -0.492 e. The molecular formula is C13H17Cl2NO2. The fourth-order valence-corrected chi connectivity index (χ4v) is 1.79. The number of halogens is 2. The lowest BCUT2D eigenvalue weighted by atomic mass is 10.3. The monoisotopic (exact) mass is 289 g/mol. The van der Waals surface area contributed by atoms with Gasteiger partial charge in [-0.1, -0.05) is 23.7 Å². The zero-order valence-corrected chi connectivity index (χ0v) is 11.9. The summed E-state index contributed by atoms with van der Waals surface area (Å²) in [4.78, 5) is 13.1. The van der Waals surface area contributed by atoms with Crippen LogP contribution in [0.25, 0.3) is 0 Å². The van der Waals surface area contributed by atoms with Crippen molar-refractivity contribution in [3.05, 3.63) is 29.3 Å². The number of para-hydroxylation sites is 1. The molecule has 0 fully saturated rings. The average molecular weight is 290 g/mol. The van der Waals surface area contributed by atoms with Crippen LogP contribution in [0.2, 0.25) is 5.02 Å². The van der Waals surface area contributed by atoms with Crippen molar-refractivity contribution in [1.29, 1.82) is 0 Å². The highest BCUT2D eigenvalue weighted by Crippen LogP contribution is 2.22. The maximum absolute atomic E-state index is 11.4. The second-order valence-corrected chi connectivity index (χ2v) is 4.67. The molecule has 0 atom stereocenters. The van der Waals surface area contributed by atoms with Gasteiger partial charge in [0, 0.05) is 25.9 Å². The molecule has 0 aromatic heterocycles. The average Bonchev–Trinajstić information content (AvgIpc) is 2.36. The number of hydrogen-bond donors (Lipinski definition) is 0. The Bertz CT molecular complexity index is 385. The molecule has 0 heterocycles. The number of hydrogen-bond acceptors (Lipinski definition) is 2. The summed E-state index contributed by atoms with van der Waals surface area (Å²) in [6.45, 7) is 1.18. The minimum atomic E-state index is 0.0581. The number of alkyl halides is 1. The number of carbonyl (C=O) groups is 1. The molecule has 3 nitrogen and oxygen atoms in total. The summed E-state index contributed by atoms with van der Waals surface area (Å²) in [7, 11) is 1.77. The molecule has 0 aliphatic carbocycles. The summed E-state index contributed by atoms with van der Waals surface area (Å²) < 4.78 is 5.53. The van der Waals surface area contributed by atoms with E-state index in [4.69, 9.17) is 27.9 Å². The molecule has 0 radical (unpaired) electrons. The predicted octanol–water partition coefficient (Wildman–Crippen LogP) is 3.20. The summed E-state index contributed by atoms with van der Waals surface area (Å²) in [5.74, 6) is 1.09. The van der Waals surface area contributed by atoms with Crippen LogP contribution in [0.5, 0.6) is 5.75 Å². The third-order valence-electron chi connectivity index (χ3n) is 2.47. The first-order chi connectivity index (χ1) is 8.65. The molecule has 1 amide bonds. The van der Waals surface area contributed by atoms with Gasteiger partial charge in [0.1, 0.15) is 5.75 Å². The lowest BCUT2D eigenvalue weighted by Gasteiger charge is -2.16. The van der Waals surface area contributed by atoms with Crippen LogP contribution in [0, 0.1) is 0 Å². The van der Waals surface area contributed by atoms with Gasteiger partial charge >= 0.3 is 0 Å². The van der Waals surface area contributed by atoms with E-state index in [1.165, 1.54) is 0 Å². The van der Waals surface area contributed by atoms with Crippen molar-refractivity contribution < 1.29 is 9.53 Å². The van der Waals surface area contributed by atoms with Crippen LogP contribution in [-0.2, 0) is 4.79 Å². The number of carbonyl (C=O) groups excluding carboxylic acids is 1. The quantitative estimate of drug-likeness (QED) is 0.570. The normalized spacial score (nSPS) is 10.2. The van der Waals surface area contributed by atoms with Crippen molar-refractivity contribution in [3.8, 4) is 5.75 Å². The Hall–Kier alpha value is -0.930. The third kappa shape index (κ3) is 5.15. The topological polar surface area (TPSA) is 29.5 Å². The smallest absolute Gasteiger partial charge is 0.223 e. The van der Waals surface area contributed by atoms with Crippen LogP contribution in [-0.4, -0.2) is 36.9 Å². The molecule has 0 saturated heterocycles.